The quantitative estimate of drug-likeness (QED) is 0.888. The van der Waals surface area contributed by atoms with Crippen molar-refractivity contribution in [2.24, 2.45) is 5.92 Å². The van der Waals surface area contributed by atoms with Crippen LogP contribution in [-0.4, -0.2) is 28.6 Å². The Morgan fingerprint density at radius 3 is 2.68 bits per heavy atom. The van der Waals surface area contributed by atoms with Crippen molar-refractivity contribution in [3.8, 4) is 0 Å². The van der Waals surface area contributed by atoms with Crippen LogP contribution in [0.3, 0.4) is 0 Å². The van der Waals surface area contributed by atoms with Crippen molar-refractivity contribution in [2.45, 2.75) is 53.0 Å². The molecule has 1 aliphatic rings. The van der Waals surface area contributed by atoms with Gasteiger partial charge in [-0.15, -0.1) is 0 Å². The molecular weight excluding hydrogens is 236 g/mol. The second-order valence-electron chi connectivity index (χ2n) is 6.76. The summed E-state index contributed by atoms with van der Waals surface area (Å²) in [5.41, 5.74) is 1.01. The average molecular weight is 262 g/mol. The lowest BCUT2D eigenvalue weighted by Crippen LogP contribution is -2.35. The minimum atomic E-state index is -0.0136. The Hall–Kier alpha value is -1.32. The summed E-state index contributed by atoms with van der Waals surface area (Å²) >= 11 is 0. The Morgan fingerprint density at radius 2 is 2.05 bits per heavy atom. The molecule has 0 spiro atoms. The summed E-state index contributed by atoms with van der Waals surface area (Å²) in [6.45, 7) is 12.9. The lowest BCUT2D eigenvalue weighted by molar-refractivity contribution is 0.444. The van der Waals surface area contributed by atoms with Crippen LogP contribution in [0.15, 0.2) is 6.07 Å². The van der Waals surface area contributed by atoms with Crippen molar-refractivity contribution in [1.82, 2.24) is 9.97 Å². The molecule has 1 N–H and O–H groups in total. The summed E-state index contributed by atoms with van der Waals surface area (Å²) in [5, 5.41) is 3.36. The molecule has 0 bridgehead atoms. The van der Waals surface area contributed by atoms with Gasteiger partial charge in [0.1, 0.15) is 5.82 Å². The van der Waals surface area contributed by atoms with Crippen molar-refractivity contribution in [2.75, 3.05) is 23.3 Å². The monoisotopic (exact) mass is 262 g/mol. The number of hydrogen-bond acceptors (Lipinski definition) is 4. The number of nitrogens with one attached hydrogen (secondary N) is 1. The molecular formula is C15H26N4. The molecule has 1 atom stereocenters. The van der Waals surface area contributed by atoms with Crippen molar-refractivity contribution < 1.29 is 0 Å². The second-order valence-corrected chi connectivity index (χ2v) is 6.76. The second kappa shape index (κ2) is 5.35. The van der Waals surface area contributed by atoms with E-state index in [9.17, 15) is 0 Å². The van der Waals surface area contributed by atoms with E-state index in [2.05, 4.69) is 53.9 Å². The van der Waals surface area contributed by atoms with E-state index in [1.165, 1.54) is 12.8 Å². The standard InChI is InChI=1S/C15H26N4/c1-11-7-6-8-19(10-11)13-9-12(2)16-14(17-13)18-15(3,4)5/h9,11H,6-8,10H2,1-5H3,(H,16,17,18). The van der Waals surface area contributed by atoms with Gasteiger partial charge in [-0.1, -0.05) is 6.92 Å². The summed E-state index contributed by atoms with van der Waals surface area (Å²) in [4.78, 5) is 11.6. The number of hydrogen-bond donors (Lipinski definition) is 1. The first-order chi connectivity index (χ1) is 8.83. The highest BCUT2D eigenvalue weighted by atomic mass is 15.2. The normalized spacial score (nSPS) is 20.5. The number of piperidine rings is 1. The van der Waals surface area contributed by atoms with Gasteiger partial charge in [0.05, 0.1) is 0 Å². The van der Waals surface area contributed by atoms with Gasteiger partial charge in [-0.2, -0.15) is 4.98 Å². The van der Waals surface area contributed by atoms with Gasteiger partial charge in [0.2, 0.25) is 5.95 Å². The van der Waals surface area contributed by atoms with E-state index in [-0.39, 0.29) is 5.54 Å². The maximum absolute atomic E-state index is 4.68. The van der Waals surface area contributed by atoms with Crippen LogP contribution >= 0.6 is 0 Å². The molecule has 1 aromatic rings. The van der Waals surface area contributed by atoms with Crippen LogP contribution in [0, 0.1) is 12.8 Å². The number of aromatic nitrogens is 2. The molecule has 106 valence electrons. The molecule has 0 saturated carbocycles. The molecule has 1 aromatic heterocycles. The molecule has 4 nitrogen and oxygen atoms in total. The first-order valence-electron chi connectivity index (χ1n) is 7.22. The zero-order valence-corrected chi connectivity index (χ0v) is 12.8. The van der Waals surface area contributed by atoms with Crippen LogP contribution < -0.4 is 10.2 Å². The fourth-order valence-electron chi connectivity index (χ4n) is 2.50. The van der Waals surface area contributed by atoms with Crippen LogP contribution in [-0.2, 0) is 0 Å². The Morgan fingerprint density at radius 1 is 1.32 bits per heavy atom. The number of aryl methyl sites for hydroxylation is 1. The summed E-state index contributed by atoms with van der Waals surface area (Å²) in [6, 6.07) is 2.09. The first-order valence-corrected chi connectivity index (χ1v) is 7.22. The minimum Gasteiger partial charge on any atom is -0.356 e. The van der Waals surface area contributed by atoms with Crippen LogP contribution in [0.25, 0.3) is 0 Å². The SMILES string of the molecule is Cc1cc(N2CCCC(C)C2)nc(NC(C)(C)C)n1. The lowest BCUT2D eigenvalue weighted by Gasteiger charge is -2.32. The van der Waals surface area contributed by atoms with Gasteiger partial charge in [0, 0.05) is 30.4 Å². The first kappa shape index (κ1) is 14.1. The number of nitrogens with zero attached hydrogens (tertiary/aromatic N) is 3. The van der Waals surface area contributed by atoms with E-state index in [0.717, 1.165) is 36.5 Å². The van der Waals surface area contributed by atoms with Gasteiger partial charge in [-0.05, 0) is 46.5 Å². The third-order valence-corrected chi connectivity index (χ3v) is 3.31. The number of rotatable bonds is 2. The van der Waals surface area contributed by atoms with Crippen LogP contribution in [0.5, 0.6) is 0 Å². The van der Waals surface area contributed by atoms with E-state index >= 15 is 0 Å². The molecule has 2 rings (SSSR count). The number of anilines is 2. The highest BCUT2D eigenvalue weighted by Gasteiger charge is 2.19. The molecule has 1 fully saturated rings. The predicted octanol–water partition coefficient (Wildman–Crippen LogP) is 3.23. The van der Waals surface area contributed by atoms with E-state index in [1.807, 2.05) is 6.92 Å². The highest BCUT2D eigenvalue weighted by Crippen LogP contribution is 2.23. The lowest BCUT2D eigenvalue weighted by atomic mass is 10.0. The summed E-state index contributed by atoms with van der Waals surface area (Å²) in [5.74, 6) is 2.55. The van der Waals surface area contributed by atoms with Crippen LogP contribution in [0.1, 0.15) is 46.2 Å². The molecule has 1 saturated heterocycles. The Labute approximate surface area is 116 Å². The van der Waals surface area contributed by atoms with E-state index < -0.39 is 0 Å². The zero-order chi connectivity index (χ0) is 14.0. The Balaban J connectivity index is 2.21. The summed E-state index contributed by atoms with van der Waals surface area (Å²) < 4.78 is 0. The smallest absolute Gasteiger partial charge is 0.225 e. The highest BCUT2D eigenvalue weighted by molar-refractivity contribution is 5.45. The molecule has 1 aliphatic heterocycles. The molecule has 4 heteroatoms. The molecule has 2 heterocycles. The minimum absolute atomic E-state index is 0.0136. The molecule has 1 unspecified atom stereocenters. The van der Waals surface area contributed by atoms with Gasteiger partial charge >= 0.3 is 0 Å². The third kappa shape index (κ3) is 4.08. The fourth-order valence-corrected chi connectivity index (χ4v) is 2.50. The summed E-state index contributed by atoms with van der Waals surface area (Å²) in [6.07, 6.45) is 2.58. The van der Waals surface area contributed by atoms with Crippen molar-refractivity contribution in [3.05, 3.63) is 11.8 Å². The molecule has 0 amide bonds. The summed E-state index contributed by atoms with van der Waals surface area (Å²) in [7, 11) is 0. The molecule has 0 aromatic carbocycles. The van der Waals surface area contributed by atoms with E-state index in [1.54, 1.807) is 0 Å². The predicted molar refractivity (Wildman–Crippen MR) is 80.8 cm³/mol. The van der Waals surface area contributed by atoms with Gasteiger partial charge < -0.3 is 10.2 Å². The van der Waals surface area contributed by atoms with Gasteiger partial charge in [0.25, 0.3) is 0 Å². The van der Waals surface area contributed by atoms with Crippen molar-refractivity contribution in [1.29, 1.82) is 0 Å². The topological polar surface area (TPSA) is 41.1 Å². The maximum atomic E-state index is 4.68. The van der Waals surface area contributed by atoms with Crippen LogP contribution in [0.2, 0.25) is 0 Å². The zero-order valence-electron chi connectivity index (χ0n) is 12.8. The van der Waals surface area contributed by atoms with Crippen molar-refractivity contribution in [3.63, 3.8) is 0 Å². The third-order valence-electron chi connectivity index (χ3n) is 3.31. The van der Waals surface area contributed by atoms with Gasteiger partial charge in [-0.3, -0.25) is 0 Å². The molecule has 0 aliphatic carbocycles. The van der Waals surface area contributed by atoms with Crippen molar-refractivity contribution >= 4 is 11.8 Å². The maximum Gasteiger partial charge on any atom is 0.225 e. The Bertz CT molecular complexity index is 436. The molecule has 19 heavy (non-hydrogen) atoms. The Kier molecular flexibility index (Phi) is 3.97. The largest absolute Gasteiger partial charge is 0.356 e. The van der Waals surface area contributed by atoms with Gasteiger partial charge in [0.15, 0.2) is 0 Å². The van der Waals surface area contributed by atoms with E-state index in [0.29, 0.717) is 0 Å². The van der Waals surface area contributed by atoms with E-state index in [4.69, 9.17) is 0 Å². The molecule has 0 radical (unpaired) electrons. The van der Waals surface area contributed by atoms with Gasteiger partial charge in [-0.25, -0.2) is 4.98 Å². The van der Waals surface area contributed by atoms with Crippen LogP contribution in [0.4, 0.5) is 11.8 Å². The fraction of sp³-hybridized carbons (Fsp3) is 0.733. The average Bonchev–Trinajstić information content (AvgIpc) is 2.25.